The van der Waals surface area contributed by atoms with Crippen LogP contribution in [0.3, 0.4) is 0 Å². The van der Waals surface area contributed by atoms with Gasteiger partial charge in [-0.3, -0.25) is 0 Å². The summed E-state index contributed by atoms with van der Waals surface area (Å²) >= 11 is 2.83. The predicted octanol–water partition coefficient (Wildman–Crippen LogP) is -5.31. The maximum atomic E-state index is 7.83. The summed E-state index contributed by atoms with van der Waals surface area (Å²) in [6, 6.07) is 12.0. The second-order valence-corrected chi connectivity index (χ2v) is 3.08. The Morgan fingerprint density at radius 1 is 0.611 bits per heavy atom. The smallest absolute Gasteiger partial charge is 0.197 e. The second kappa shape index (κ2) is 16.8. The molecule has 0 amide bonds. The lowest BCUT2D eigenvalue weighted by atomic mass is 10.5. The summed E-state index contributed by atoms with van der Waals surface area (Å²) in [7, 11) is 4.00. The van der Waals surface area contributed by atoms with E-state index in [-0.39, 0.29) is 48.0 Å². The number of rotatable bonds is 0. The minimum atomic E-state index is 0. The van der Waals surface area contributed by atoms with Gasteiger partial charge in [-0.25, -0.2) is 9.13 Å². The van der Waals surface area contributed by atoms with E-state index < -0.39 is 0 Å². The van der Waals surface area contributed by atoms with Gasteiger partial charge in [-0.2, -0.15) is 4.21 Å². The van der Waals surface area contributed by atoms with E-state index in [1.165, 1.54) is 0 Å². The van der Waals surface area contributed by atoms with E-state index in [4.69, 9.17) is 4.21 Å². The first-order valence-electron chi connectivity index (χ1n) is 4.76. The molecule has 2 aromatic rings. The molecule has 3 nitrogen and oxygen atoms in total. The fourth-order valence-corrected chi connectivity index (χ4v) is 0.969. The molecule has 0 bridgehead atoms. The van der Waals surface area contributed by atoms with Crippen molar-refractivity contribution in [2.75, 3.05) is 0 Å². The molecule has 0 aliphatic carbocycles. The SMILES string of the molecule is C[n+]1ccccc1.C[n+]1ccccc1.O=S.[I-].[I-]. The lowest BCUT2D eigenvalue weighted by molar-refractivity contribution is -0.671. The normalized spacial score (nSPS) is 7.00. The summed E-state index contributed by atoms with van der Waals surface area (Å²) in [5.41, 5.74) is 0. The third-order valence-electron chi connectivity index (χ3n) is 1.73. The third kappa shape index (κ3) is 13.8. The van der Waals surface area contributed by atoms with Crippen LogP contribution in [-0.4, -0.2) is 4.21 Å². The van der Waals surface area contributed by atoms with Gasteiger partial charge < -0.3 is 48.0 Å². The maximum absolute atomic E-state index is 7.83. The Labute approximate surface area is 148 Å². The van der Waals surface area contributed by atoms with E-state index >= 15 is 0 Å². The van der Waals surface area contributed by atoms with Crippen LogP contribution >= 0.6 is 0 Å². The van der Waals surface area contributed by atoms with E-state index in [0.29, 0.717) is 0 Å². The van der Waals surface area contributed by atoms with Crippen molar-refractivity contribution in [2.45, 2.75) is 0 Å². The van der Waals surface area contributed by atoms with Crippen LogP contribution in [0.1, 0.15) is 0 Å². The third-order valence-corrected chi connectivity index (χ3v) is 1.73. The first kappa shape index (κ1) is 22.9. The highest BCUT2D eigenvalue weighted by atomic mass is 127. The van der Waals surface area contributed by atoms with E-state index in [9.17, 15) is 0 Å². The number of halogens is 2. The molecule has 0 N–H and O–H groups in total. The summed E-state index contributed by atoms with van der Waals surface area (Å²) in [6.07, 6.45) is 8.00. The largest absolute Gasteiger partial charge is 1.00 e. The van der Waals surface area contributed by atoms with Crippen LogP contribution in [0.2, 0.25) is 0 Å². The number of hydrogen-bond acceptors (Lipinski definition) is 2. The van der Waals surface area contributed by atoms with Gasteiger partial charge in [0.25, 0.3) is 0 Å². The Hall–Kier alpha value is -0.220. The van der Waals surface area contributed by atoms with Gasteiger partial charge >= 0.3 is 0 Å². The highest BCUT2D eigenvalue weighted by Gasteiger charge is 1.79. The summed E-state index contributed by atoms with van der Waals surface area (Å²) in [5.74, 6) is 0. The summed E-state index contributed by atoms with van der Waals surface area (Å²) in [5, 5.41) is 0. The Morgan fingerprint density at radius 2 is 0.833 bits per heavy atom. The van der Waals surface area contributed by atoms with Gasteiger partial charge in [0.1, 0.15) is 14.1 Å². The van der Waals surface area contributed by atoms with Crippen LogP contribution in [-0.2, 0) is 26.6 Å². The Balaban J connectivity index is -0.000000200. The first-order valence-corrected chi connectivity index (χ1v) is 5.09. The molecule has 0 atom stereocenters. The molecule has 0 spiro atoms. The minimum Gasteiger partial charge on any atom is -1.00 e. The molecule has 0 aliphatic heterocycles. The van der Waals surface area contributed by atoms with Gasteiger partial charge in [0.2, 0.25) is 0 Å². The highest BCUT2D eigenvalue weighted by molar-refractivity contribution is 7.44. The molecule has 6 heteroatoms. The van der Waals surface area contributed by atoms with Gasteiger partial charge in [0.05, 0.1) is 0 Å². The number of hydrogen-bond donors (Lipinski definition) is 0. The highest BCUT2D eigenvalue weighted by Crippen LogP contribution is 1.72. The molecule has 0 saturated heterocycles. The van der Waals surface area contributed by atoms with Crippen LogP contribution < -0.4 is 57.1 Å². The molecule has 0 unspecified atom stereocenters. The Morgan fingerprint density at radius 3 is 0.944 bits per heavy atom. The second-order valence-electron chi connectivity index (χ2n) is 3.08. The van der Waals surface area contributed by atoms with E-state index in [1.807, 2.05) is 84.4 Å². The van der Waals surface area contributed by atoms with Gasteiger partial charge in [-0.1, -0.05) is 12.1 Å². The molecule has 0 saturated carbocycles. The first-order chi connectivity index (χ1) is 7.79. The summed E-state index contributed by atoms with van der Waals surface area (Å²) in [6.45, 7) is 0. The van der Waals surface area contributed by atoms with E-state index in [2.05, 4.69) is 12.5 Å². The quantitative estimate of drug-likeness (QED) is 0.273. The average molecular weight is 490 g/mol. The molecule has 2 heterocycles. The molecule has 18 heavy (non-hydrogen) atoms. The van der Waals surface area contributed by atoms with Crippen molar-refractivity contribution in [1.82, 2.24) is 0 Å². The van der Waals surface area contributed by atoms with Crippen molar-refractivity contribution in [3.63, 3.8) is 0 Å². The predicted molar refractivity (Wildman–Crippen MR) is 63.4 cm³/mol. The van der Waals surface area contributed by atoms with Crippen LogP contribution in [0.25, 0.3) is 0 Å². The maximum Gasteiger partial charge on any atom is 0.197 e. The number of pyridine rings is 2. The van der Waals surface area contributed by atoms with E-state index in [0.717, 1.165) is 0 Å². The molecule has 2 rings (SSSR count). The fraction of sp³-hybridized carbons (Fsp3) is 0.167. The molecular weight excluding hydrogens is 474 g/mol. The molecule has 100 valence electrons. The monoisotopic (exact) mass is 490 g/mol. The van der Waals surface area contributed by atoms with Crippen molar-refractivity contribution in [3.8, 4) is 0 Å². The van der Waals surface area contributed by atoms with Crippen molar-refractivity contribution < 1.29 is 61.3 Å². The van der Waals surface area contributed by atoms with Crippen LogP contribution in [0.4, 0.5) is 0 Å². The topological polar surface area (TPSA) is 24.8 Å². The zero-order chi connectivity index (χ0) is 12.2. The standard InChI is InChI=1S/2C6H8N.2HI.OS/c2*1-7-5-3-2-4-6-7;;;1-2/h2*2-6H,1H3;2*1H;/q2*+1;;;/p-2. The number of aromatic nitrogens is 2. The Bertz CT molecular complexity index is 339. The average Bonchev–Trinajstić information content (AvgIpc) is 2.34. The molecule has 2 aromatic heterocycles. The Kier molecular flexibility index (Phi) is 21.4. The fourth-order valence-electron chi connectivity index (χ4n) is 0.969. The molecule has 0 aromatic carbocycles. The summed E-state index contributed by atoms with van der Waals surface area (Å²) in [4.78, 5) is 0. The molecular formula is C12H16I2N2OS. The van der Waals surface area contributed by atoms with Crippen molar-refractivity contribution >= 4 is 12.5 Å². The lowest BCUT2D eigenvalue weighted by Gasteiger charge is -1.77. The minimum absolute atomic E-state index is 0. The zero-order valence-corrected chi connectivity index (χ0v) is 15.4. The number of nitrogens with zero attached hydrogens (tertiary/aromatic N) is 2. The number of aryl methyl sites for hydroxylation is 2. The summed E-state index contributed by atoms with van der Waals surface area (Å²) < 4.78 is 11.8. The molecule has 0 fully saturated rings. The van der Waals surface area contributed by atoms with Crippen molar-refractivity contribution in [2.24, 2.45) is 14.1 Å². The van der Waals surface area contributed by atoms with Crippen LogP contribution in [0.5, 0.6) is 0 Å². The van der Waals surface area contributed by atoms with Gasteiger partial charge in [0.15, 0.2) is 37.3 Å². The van der Waals surface area contributed by atoms with Crippen LogP contribution in [0, 0.1) is 0 Å². The van der Waals surface area contributed by atoms with Gasteiger partial charge in [-0.15, -0.1) is 0 Å². The molecule has 0 aliphatic rings. The van der Waals surface area contributed by atoms with Crippen molar-refractivity contribution in [3.05, 3.63) is 61.2 Å². The molecule has 0 radical (unpaired) electrons. The zero-order valence-electron chi connectivity index (χ0n) is 10.2. The van der Waals surface area contributed by atoms with E-state index in [1.54, 1.807) is 0 Å². The lowest BCUT2D eigenvalue weighted by Crippen LogP contribution is -3.00. The van der Waals surface area contributed by atoms with Gasteiger partial charge in [0, 0.05) is 24.3 Å². The van der Waals surface area contributed by atoms with Crippen molar-refractivity contribution in [1.29, 1.82) is 0 Å². The van der Waals surface area contributed by atoms with Gasteiger partial charge in [-0.05, 0) is 0 Å². The van der Waals surface area contributed by atoms with Crippen LogP contribution in [0.15, 0.2) is 61.2 Å².